The molecule has 0 radical (unpaired) electrons. The van der Waals surface area contributed by atoms with Crippen LogP contribution in [0.5, 0.6) is 0 Å². The zero-order valence-corrected chi connectivity index (χ0v) is 12.5. The van der Waals surface area contributed by atoms with Crippen LogP contribution < -0.4 is 5.32 Å². The lowest BCUT2D eigenvalue weighted by Crippen LogP contribution is -2.29. The average molecular weight is 289 g/mol. The van der Waals surface area contributed by atoms with Crippen molar-refractivity contribution in [2.24, 2.45) is 7.05 Å². The molecule has 1 amide bonds. The predicted octanol–water partition coefficient (Wildman–Crippen LogP) is 1.48. The summed E-state index contributed by atoms with van der Waals surface area (Å²) >= 11 is 0. The molecule has 1 N–H and O–H groups in total. The summed E-state index contributed by atoms with van der Waals surface area (Å²) < 4.78 is 6.77. The predicted molar refractivity (Wildman–Crippen MR) is 74.8 cm³/mol. The highest BCUT2D eigenvalue weighted by Crippen LogP contribution is 2.24. The van der Waals surface area contributed by atoms with Gasteiger partial charge < -0.3 is 9.84 Å². The molecule has 1 unspecified atom stereocenters. The second-order valence-corrected chi connectivity index (χ2v) is 5.48. The van der Waals surface area contributed by atoms with E-state index in [0.717, 1.165) is 36.9 Å². The van der Waals surface area contributed by atoms with Crippen LogP contribution in [0.3, 0.4) is 0 Å². The van der Waals surface area contributed by atoms with Crippen LogP contribution in [0.2, 0.25) is 0 Å². The lowest BCUT2D eigenvalue weighted by Gasteiger charge is -2.13. The van der Waals surface area contributed by atoms with Gasteiger partial charge in [0.15, 0.2) is 5.82 Å². The topological polar surface area (TPSA) is 85.8 Å². The van der Waals surface area contributed by atoms with Crippen LogP contribution in [-0.4, -0.2) is 25.8 Å². The molecule has 7 heteroatoms. The van der Waals surface area contributed by atoms with E-state index < -0.39 is 0 Å². The van der Waals surface area contributed by atoms with Crippen molar-refractivity contribution in [2.45, 2.75) is 45.6 Å². The first-order chi connectivity index (χ1) is 10.1. The molecule has 0 saturated heterocycles. The number of aromatic nitrogens is 4. The molecule has 2 aromatic heterocycles. The van der Waals surface area contributed by atoms with Crippen LogP contribution in [-0.2, 0) is 19.9 Å². The lowest BCUT2D eigenvalue weighted by molar-refractivity contribution is 0.0922. The first kappa shape index (κ1) is 13.8. The molecule has 0 saturated carbocycles. The summed E-state index contributed by atoms with van der Waals surface area (Å²) in [6, 6.07) is -0.326. The Morgan fingerprint density at radius 2 is 2.14 bits per heavy atom. The molecule has 1 aliphatic rings. The number of aryl methyl sites for hydroxylation is 3. The van der Waals surface area contributed by atoms with E-state index in [4.69, 9.17) is 4.52 Å². The molecule has 1 aliphatic carbocycles. The van der Waals surface area contributed by atoms with E-state index in [2.05, 4.69) is 20.6 Å². The third-order valence-corrected chi connectivity index (χ3v) is 3.80. The Balaban J connectivity index is 1.81. The molecule has 2 heterocycles. The number of fused-ring (bicyclic) bond motifs is 1. The molecule has 21 heavy (non-hydrogen) atoms. The van der Waals surface area contributed by atoms with E-state index in [9.17, 15) is 4.79 Å². The zero-order chi connectivity index (χ0) is 15.0. The molecule has 0 aliphatic heterocycles. The van der Waals surface area contributed by atoms with E-state index in [1.54, 1.807) is 11.6 Å². The summed E-state index contributed by atoms with van der Waals surface area (Å²) in [5.41, 5.74) is 2.78. The van der Waals surface area contributed by atoms with Crippen LogP contribution in [0, 0.1) is 6.92 Å². The van der Waals surface area contributed by atoms with Crippen LogP contribution in [0.25, 0.3) is 0 Å². The summed E-state index contributed by atoms with van der Waals surface area (Å²) in [4.78, 5) is 16.7. The molecular weight excluding hydrogens is 270 g/mol. The van der Waals surface area contributed by atoms with Crippen molar-refractivity contribution in [1.82, 2.24) is 25.2 Å². The molecule has 0 bridgehead atoms. The zero-order valence-electron chi connectivity index (χ0n) is 12.5. The van der Waals surface area contributed by atoms with Crippen LogP contribution >= 0.6 is 0 Å². The number of amides is 1. The van der Waals surface area contributed by atoms with Crippen LogP contribution in [0.15, 0.2) is 4.52 Å². The molecule has 2 aromatic rings. The number of carbonyl (C=O) groups excluding carboxylic acids is 1. The smallest absolute Gasteiger partial charge is 0.270 e. The maximum absolute atomic E-state index is 12.5. The van der Waals surface area contributed by atoms with E-state index >= 15 is 0 Å². The van der Waals surface area contributed by atoms with Gasteiger partial charge in [-0.25, -0.2) is 0 Å². The van der Waals surface area contributed by atoms with Gasteiger partial charge in [0.1, 0.15) is 11.7 Å². The van der Waals surface area contributed by atoms with Gasteiger partial charge in [0, 0.05) is 12.6 Å². The third-order valence-electron chi connectivity index (χ3n) is 3.80. The Hall–Kier alpha value is -2.18. The van der Waals surface area contributed by atoms with Crippen LogP contribution in [0.1, 0.15) is 59.3 Å². The molecule has 0 aromatic carbocycles. The molecule has 3 rings (SSSR count). The summed E-state index contributed by atoms with van der Waals surface area (Å²) in [6.45, 7) is 3.58. The molecular formula is C14H19N5O2. The number of carbonyl (C=O) groups is 1. The van der Waals surface area contributed by atoms with Crippen molar-refractivity contribution in [3.8, 4) is 0 Å². The Labute approximate surface area is 122 Å². The maximum atomic E-state index is 12.5. The third kappa shape index (κ3) is 2.55. The van der Waals surface area contributed by atoms with Gasteiger partial charge >= 0.3 is 0 Å². The highest BCUT2D eigenvalue weighted by atomic mass is 16.5. The van der Waals surface area contributed by atoms with Crippen LogP contribution in [0.4, 0.5) is 0 Å². The van der Waals surface area contributed by atoms with E-state index in [-0.39, 0.29) is 11.9 Å². The number of nitrogens with one attached hydrogen (secondary N) is 1. The van der Waals surface area contributed by atoms with E-state index in [0.29, 0.717) is 17.4 Å². The summed E-state index contributed by atoms with van der Waals surface area (Å²) in [5.74, 6) is 0.831. The fraction of sp³-hybridized carbons (Fsp3) is 0.571. The molecule has 112 valence electrons. The molecule has 0 fully saturated rings. The Morgan fingerprint density at radius 1 is 1.38 bits per heavy atom. The number of hydrogen-bond donors (Lipinski definition) is 1. The SMILES string of the molecule is Cc1noc(C(C)NC(=O)c2c3c(nn2C)CCCC3)n1. The van der Waals surface area contributed by atoms with Gasteiger partial charge in [-0.2, -0.15) is 10.1 Å². The van der Waals surface area contributed by atoms with Crippen molar-refractivity contribution in [3.63, 3.8) is 0 Å². The number of hydrogen-bond acceptors (Lipinski definition) is 5. The Bertz CT molecular complexity index is 673. The normalized spacial score (nSPS) is 15.6. The minimum absolute atomic E-state index is 0.142. The monoisotopic (exact) mass is 289 g/mol. The number of rotatable bonds is 3. The minimum Gasteiger partial charge on any atom is -0.339 e. The van der Waals surface area contributed by atoms with Gasteiger partial charge in [-0.3, -0.25) is 9.48 Å². The number of nitrogens with zero attached hydrogens (tertiary/aromatic N) is 4. The standard InChI is InChI=1S/C14H19N5O2/c1-8(14-16-9(2)18-21-14)15-13(20)12-10-6-4-5-7-11(10)17-19(12)3/h8H,4-7H2,1-3H3,(H,15,20). The van der Waals surface area contributed by atoms with Crippen molar-refractivity contribution in [3.05, 3.63) is 28.7 Å². The van der Waals surface area contributed by atoms with Gasteiger partial charge in [0.2, 0.25) is 5.89 Å². The van der Waals surface area contributed by atoms with Crippen molar-refractivity contribution in [2.75, 3.05) is 0 Å². The molecule has 0 spiro atoms. The Morgan fingerprint density at radius 3 is 2.86 bits per heavy atom. The second-order valence-electron chi connectivity index (χ2n) is 5.48. The first-order valence-electron chi connectivity index (χ1n) is 7.22. The van der Waals surface area contributed by atoms with E-state index in [1.165, 1.54) is 0 Å². The lowest BCUT2D eigenvalue weighted by atomic mass is 9.95. The Kier molecular flexibility index (Phi) is 3.48. The van der Waals surface area contributed by atoms with Crippen molar-refractivity contribution in [1.29, 1.82) is 0 Å². The van der Waals surface area contributed by atoms with Gasteiger partial charge in [-0.15, -0.1) is 0 Å². The van der Waals surface area contributed by atoms with Gasteiger partial charge in [-0.05, 0) is 39.5 Å². The molecule has 1 atom stereocenters. The van der Waals surface area contributed by atoms with Gasteiger partial charge in [0.05, 0.1) is 5.69 Å². The van der Waals surface area contributed by atoms with E-state index in [1.807, 2.05) is 14.0 Å². The van der Waals surface area contributed by atoms with Gasteiger partial charge in [0.25, 0.3) is 5.91 Å². The summed E-state index contributed by atoms with van der Waals surface area (Å²) in [6.07, 6.45) is 4.12. The fourth-order valence-electron chi connectivity index (χ4n) is 2.78. The largest absolute Gasteiger partial charge is 0.339 e. The highest BCUT2D eigenvalue weighted by Gasteiger charge is 2.25. The first-order valence-corrected chi connectivity index (χ1v) is 7.22. The van der Waals surface area contributed by atoms with Crippen molar-refractivity contribution < 1.29 is 9.32 Å². The highest BCUT2D eigenvalue weighted by molar-refractivity contribution is 5.94. The van der Waals surface area contributed by atoms with Gasteiger partial charge in [-0.1, -0.05) is 5.16 Å². The fourth-order valence-corrected chi connectivity index (χ4v) is 2.78. The summed E-state index contributed by atoms with van der Waals surface area (Å²) in [5, 5.41) is 11.1. The molecule has 7 nitrogen and oxygen atoms in total. The summed E-state index contributed by atoms with van der Waals surface area (Å²) in [7, 11) is 1.81. The van der Waals surface area contributed by atoms with Crippen molar-refractivity contribution >= 4 is 5.91 Å². The minimum atomic E-state index is -0.326. The second kappa shape index (κ2) is 5.31. The quantitative estimate of drug-likeness (QED) is 0.925. The average Bonchev–Trinajstić information content (AvgIpc) is 3.01. The maximum Gasteiger partial charge on any atom is 0.270 e.